The number of halogens is 3. The van der Waals surface area contributed by atoms with E-state index in [4.69, 9.17) is 0 Å². The van der Waals surface area contributed by atoms with Gasteiger partial charge in [-0.2, -0.15) is 0 Å². The molecule has 0 aliphatic heterocycles. The lowest BCUT2D eigenvalue weighted by Crippen LogP contribution is -2.18. The van der Waals surface area contributed by atoms with Crippen molar-refractivity contribution in [3.8, 4) is 0 Å². The molecule has 0 heterocycles. The van der Waals surface area contributed by atoms with Gasteiger partial charge >= 0.3 is 0 Å². The van der Waals surface area contributed by atoms with Crippen molar-refractivity contribution < 1.29 is 8.78 Å². The van der Waals surface area contributed by atoms with E-state index in [9.17, 15) is 8.78 Å². The Kier molecular flexibility index (Phi) is 4.48. The lowest BCUT2D eigenvalue weighted by atomic mass is 9.82. The van der Waals surface area contributed by atoms with E-state index in [-0.39, 0.29) is 5.41 Å². The maximum absolute atomic E-state index is 13.0. The van der Waals surface area contributed by atoms with Crippen molar-refractivity contribution in [2.75, 3.05) is 0 Å². The molecule has 0 N–H and O–H groups in total. The first-order chi connectivity index (χ1) is 7.30. The number of rotatable bonds is 4. The second kappa shape index (κ2) is 5.26. The minimum absolute atomic E-state index is 0.0766. The van der Waals surface area contributed by atoms with Crippen molar-refractivity contribution in [1.29, 1.82) is 0 Å². The highest BCUT2D eigenvalue weighted by molar-refractivity contribution is 9.09. The fourth-order valence-corrected chi connectivity index (χ4v) is 2.91. The van der Waals surface area contributed by atoms with Crippen LogP contribution in [0.3, 0.4) is 0 Å². The van der Waals surface area contributed by atoms with Crippen LogP contribution in [0.2, 0.25) is 0 Å². The van der Waals surface area contributed by atoms with Gasteiger partial charge in [0, 0.05) is 4.83 Å². The summed E-state index contributed by atoms with van der Waals surface area (Å²) in [5.74, 6) is -1.55. The fraction of sp³-hybridized carbons (Fsp3) is 0.538. The largest absolute Gasteiger partial charge is 0.204 e. The van der Waals surface area contributed by atoms with Crippen LogP contribution in [0.4, 0.5) is 8.78 Å². The Hall–Kier alpha value is -0.440. The van der Waals surface area contributed by atoms with Gasteiger partial charge in [0.25, 0.3) is 0 Å². The lowest BCUT2D eigenvalue weighted by Gasteiger charge is -2.26. The minimum atomic E-state index is -0.782. The summed E-state index contributed by atoms with van der Waals surface area (Å²) in [6.07, 6.45) is 1.74. The predicted molar refractivity (Wildman–Crippen MR) is 66.8 cm³/mol. The monoisotopic (exact) mass is 290 g/mol. The van der Waals surface area contributed by atoms with Crippen molar-refractivity contribution >= 4 is 15.9 Å². The van der Waals surface area contributed by atoms with Crippen molar-refractivity contribution in [1.82, 2.24) is 0 Å². The first-order valence-corrected chi connectivity index (χ1v) is 6.30. The topological polar surface area (TPSA) is 0 Å². The van der Waals surface area contributed by atoms with Crippen LogP contribution < -0.4 is 0 Å². The van der Waals surface area contributed by atoms with Crippen LogP contribution in [0.1, 0.15) is 32.8 Å². The summed E-state index contributed by atoms with van der Waals surface area (Å²) in [4.78, 5) is 0.424. The second-order valence-corrected chi connectivity index (χ2v) is 6.64. The number of alkyl halides is 1. The quantitative estimate of drug-likeness (QED) is 0.705. The highest BCUT2D eigenvalue weighted by atomic mass is 79.9. The summed E-state index contributed by atoms with van der Waals surface area (Å²) >= 11 is 3.52. The molecule has 1 aromatic rings. The van der Waals surface area contributed by atoms with Crippen molar-refractivity contribution in [3.63, 3.8) is 0 Å². The normalized spacial score (nSPS) is 13.9. The summed E-state index contributed by atoms with van der Waals surface area (Å²) in [5, 5.41) is 0. The average Bonchev–Trinajstić information content (AvgIpc) is 2.08. The molecular formula is C13H17BrF2. The molecule has 1 atom stereocenters. The molecule has 0 radical (unpaired) electrons. The number of hydrogen-bond donors (Lipinski definition) is 0. The highest BCUT2D eigenvalue weighted by Gasteiger charge is 2.21. The van der Waals surface area contributed by atoms with Crippen LogP contribution in [0, 0.1) is 17.0 Å². The second-order valence-electron chi connectivity index (χ2n) is 5.07. The van der Waals surface area contributed by atoms with Crippen LogP contribution in [-0.4, -0.2) is 4.83 Å². The molecule has 0 saturated heterocycles. The molecule has 0 saturated carbocycles. The maximum atomic E-state index is 13.0. The summed E-state index contributed by atoms with van der Waals surface area (Å²) in [6.45, 7) is 6.35. The van der Waals surface area contributed by atoms with Crippen molar-refractivity contribution in [2.45, 2.75) is 38.4 Å². The third-order valence-electron chi connectivity index (χ3n) is 2.50. The van der Waals surface area contributed by atoms with Gasteiger partial charge in [-0.1, -0.05) is 42.8 Å². The van der Waals surface area contributed by atoms with Crippen LogP contribution >= 0.6 is 15.9 Å². The fourth-order valence-electron chi connectivity index (χ4n) is 2.04. The van der Waals surface area contributed by atoms with Crippen molar-refractivity contribution in [3.05, 3.63) is 35.4 Å². The van der Waals surface area contributed by atoms with E-state index in [1.165, 1.54) is 12.1 Å². The third kappa shape index (κ3) is 4.20. The summed E-state index contributed by atoms with van der Waals surface area (Å²) in [5.41, 5.74) is 0.921. The van der Waals surface area contributed by atoms with E-state index < -0.39 is 11.6 Å². The van der Waals surface area contributed by atoms with Crippen LogP contribution in [0.25, 0.3) is 0 Å². The van der Waals surface area contributed by atoms with Gasteiger partial charge in [0.15, 0.2) is 11.6 Å². The SMILES string of the molecule is CC(Br)CC(C)(C)Cc1ccc(F)c(F)c1. The van der Waals surface area contributed by atoms with Gasteiger partial charge in [-0.05, 0) is 36.0 Å². The van der Waals surface area contributed by atoms with E-state index in [2.05, 4.69) is 36.7 Å². The Morgan fingerprint density at radius 1 is 1.25 bits per heavy atom. The molecule has 16 heavy (non-hydrogen) atoms. The van der Waals surface area contributed by atoms with E-state index >= 15 is 0 Å². The van der Waals surface area contributed by atoms with E-state index in [1.54, 1.807) is 6.07 Å². The Morgan fingerprint density at radius 3 is 2.38 bits per heavy atom. The number of benzene rings is 1. The minimum Gasteiger partial charge on any atom is -0.204 e. The lowest BCUT2D eigenvalue weighted by molar-refractivity contribution is 0.334. The third-order valence-corrected chi connectivity index (χ3v) is 2.82. The molecule has 0 aromatic heterocycles. The summed E-state index contributed by atoms with van der Waals surface area (Å²) in [6, 6.07) is 4.13. The molecule has 0 aliphatic carbocycles. The predicted octanol–water partition coefficient (Wildman–Crippen LogP) is 4.71. The molecule has 1 unspecified atom stereocenters. The standard InChI is InChI=1S/C13H17BrF2/c1-9(14)7-13(2,3)8-10-4-5-11(15)12(16)6-10/h4-6,9H,7-8H2,1-3H3. The first-order valence-electron chi connectivity index (χ1n) is 5.38. The van der Waals surface area contributed by atoms with Gasteiger partial charge in [0.1, 0.15) is 0 Å². The molecule has 0 aliphatic rings. The average molecular weight is 291 g/mol. The molecule has 1 rings (SSSR count). The smallest absolute Gasteiger partial charge is 0.159 e. The molecule has 0 spiro atoms. The molecule has 0 amide bonds. The van der Waals surface area contributed by atoms with Gasteiger partial charge in [-0.25, -0.2) is 8.78 Å². The Labute approximate surface area is 104 Å². The molecule has 3 heteroatoms. The van der Waals surface area contributed by atoms with E-state index in [0.29, 0.717) is 4.83 Å². The molecule has 90 valence electrons. The summed E-state index contributed by atoms with van der Waals surface area (Å²) in [7, 11) is 0. The molecule has 0 fully saturated rings. The van der Waals surface area contributed by atoms with Crippen LogP contribution in [-0.2, 0) is 6.42 Å². The van der Waals surface area contributed by atoms with Crippen molar-refractivity contribution in [2.24, 2.45) is 5.41 Å². The van der Waals surface area contributed by atoms with Gasteiger partial charge < -0.3 is 0 Å². The van der Waals surface area contributed by atoms with Gasteiger partial charge in [0.05, 0.1) is 0 Å². The summed E-state index contributed by atoms with van der Waals surface area (Å²) < 4.78 is 25.8. The van der Waals surface area contributed by atoms with Gasteiger partial charge in [-0.15, -0.1) is 0 Å². The first kappa shape index (κ1) is 13.6. The Morgan fingerprint density at radius 2 is 1.88 bits per heavy atom. The molecule has 0 bridgehead atoms. The zero-order chi connectivity index (χ0) is 12.3. The molecule has 1 aromatic carbocycles. The highest BCUT2D eigenvalue weighted by Crippen LogP contribution is 2.30. The molecule has 0 nitrogen and oxygen atoms in total. The Balaban J connectivity index is 2.76. The van der Waals surface area contributed by atoms with E-state index in [1.807, 2.05) is 0 Å². The zero-order valence-electron chi connectivity index (χ0n) is 9.86. The van der Waals surface area contributed by atoms with Crippen LogP contribution in [0.15, 0.2) is 18.2 Å². The van der Waals surface area contributed by atoms with Gasteiger partial charge in [-0.3, -0.25) is 0 Å². The van der Waals surface area contributed by atoms with Gasteiger partial charge in [0.2, 0.25) is 0 Å². The number of hydrogen-bond acceptors (Lipinski definition) is 0. The zero-order valence-corrected chi connectivity index (χ0v) is 11.4. The van der Waals surface area contributed by atoms with Crippen LogP contribution in [0.5, 0.6) is 0 Å². The molecular weight excluding hydrogens is 274 g/mol. The Bertz CT molecular complexity index is 359. The van der Waals surface area contributed by atoms with E-state index in [0.717, 1.165) is 18.4 Å². The maximum Gasteiger partial charge on any atom is 0.159 e.